The molecule has 1 fully saturated rings. The Morgan fingerprint density at radius 3 is 2.80 bits per heavy atom. The molecule has 0 radical (unpaired) electrons. The van der Waals surface area contributed by atoms with Crippen LogP contribution < -0.4 is 5.73 Å². The minimum absolute atomic E-state index is 0.0361. The van der Waals surface area contributed by atoms with Crippen LogP contribution in [-0.4, -0.2) is 55.0 Å². The predicted molar refractivity (Wildman–Crippen MR) is 61.6 cm³/mol. The van der Waals surface area contributed by atoms with Gasteiger partial charge >= 0.3 is 0 Å². The van der Waals surface area contributed by atoms with E-state index in [1.54, 1.807) is 11.8 Å². The maximum absolute atomic E-state index is 11.6. The molecular formula is C11H23N3O. The summed E-state index contributed by atoms with van der Waals surface area (Å²) < 4.78 is 0. The molecule has 4 nitrogen and oxygen atoms in total. The van der Waals surface area contributed by atoms with Gasteiger partial charge in [0.05, 0.1) is 6.04 Å². The second-order valence-electron chi connectivity index (χ2n) is 4.64. The molecule has 0 aromatic rings. The number of hydrogen-bond donors (Lipinski definition) is 1. The third kappa shape index (κ3) is 3.47. The molecule has 1 saturated heterocycles. The van der Waals surface area contributed by atoms with Gasteiger partial charge in [-0.2, -0.15) is 0 Å². The number of rotatable bonds is 3. The molecule has 1 aliphatic rings. The summed E-state index contributed by atoms with van der Waals surface area (Å²) in [6, 6.07) is 0.121. The molecule has 1 unspecified atom stereocenters. The lowest BCUT2D eigenvalue weighted by molar-refractivity contribution is -0.131. The highest BCUT2D eigenvalue weighted by molar-refractivity contribution is 5.80. The van der Waals surface area contributed by atoms with E-state index in [0.29, 0.717) is 6.04 Å². The van der Waals surface area contributed by atoms with Gasteiger partial charge in [-0.25, -0.2) is 0 Å². The van der Waals surface area contributed by atoms with Crippen molar-refractivity contribution in [2.45, 2.75) is 38.3 Å². The predicted octanol–water partition coefficient (Wildman–Crippen LogP) is 0.276. The normalized spacial score (nSPS) is 24.9. The van der Waals surface area contributed by atoms with Crippen molar-refractivity contribution in [3.63, 3.8) is 0 Å². The van der Waals surface area contributed by atoms with Crippen molar-refractivity contribution in [3.8, 4) is 0 Å². The average molecular weight is 213 g/mol. The second-order valence-corrected chi connectivity index (χ2v) is 4.64. The maximum Gasteiger partial charge on any atom is 0.238 e. The van der Waals surface area contributed by atoms with Gasteiger partial charge in [-0.3, -0.25) is 4.79 Å². The summed E-state index contributed by atoms with van der Waals surface area (Å²) in [5.74, 6) is 0.0361. The van der Waals surface area contributed by atoms with Crippen LogP contribution in [0.4, 0.5) is 0 Å². The van der Waals surface area contributed by atoms with E-state index in [1.165, 1.54) is 19.3 Å². The summed E-state index contributed by atoms with van der Waals surface area (Å²) in [5, 5.41) is 0. The molecule has 2 N–H and O–H groups in total. The molecule has 1 aliphatic heterocycles. The molecule has 0 bridgehead atoms. The Bertz CT molecular complexity index is 218. The number of carbonyl (C=O) groups is 1. The lowest BCUT2D eigenvalue weighted by atomic mass is 10.0. The Labute approximate surface area is 92.4 Å². The van der Waals surface area contributed by atoms with E-state index in [-0.39, 0.29) is 11.9 Å². The van der Waals surface area contributed by atoms with Crippen LogP contribution in [0, 0.1) is 0 Å². The molecule has 15 heavy (non-hydrogen) atoms. The van der Waals surface area contributed by atoms with Crippen molar-refractivity contribution in [2.75, 3.05) is 27.2 Å². The van der Waals surface area contributed by atoms with Gasteiger partial charge in [0.2, 0.25) is 5.91 Å². The Morgan fingerprint density at radius 2 is 2.27 bits per heavy atom. The molecule has 1 heterocycles. The van der Waals surface area contributed by atoms with Crippen molar-refractivity contribution in [3.05, 3.63) is 0 Å². The van der Waals surface area contributed by atoms with Crippen molar-refractivity contribution in [1.29, 1.82) is 0 Å². The first kappa shape index (κ1) is 12.5. The van der Waals surface area contributed by atoms with Gasteiger partial charge < -0.3 is 15.5 Å². The Kier molecular flexibility index (Phi) is 4.54. The zero-order chi connectivity index (χ0) is 11.4. The van der Waals surface area contributed by atoms with E-state index in [4.69, 9.17) is 5.73 Å². The number of amides is 1. The third-order valence-electron chi connectivity index (χ3n) is 3.17. The van der Waals surface area contributed by atoms with Gasteiger partial charge in [0.15, 0.2) is 0 Å². The molecule has 2 atom stereocenters. The first-order valence-electron chi connectivity index (χ1n) is 5.73. The summed E-state index contributed by atoms with van der Waals surface area (Å²) in [7, 11) is 3.97. The fourth-order valence-electron chi connectivity index (χ4n) is 2.13. The Hall–Kier alpha value is -0.610. The van der Waals surface area contributed by atoms with Crippen LogP contribution >= 0.6 is 0 Å². The monoisotopic (exact) mass is 213 g/mol. The van der Waals surface area contributed by atoms with E-state index in [0.717, 1.165) is 13.1 Å². The number of nitrogens with zero attached hydrogens (tertiary/aromatic N) is 2. The molecule has 0 aliphatic carbocycles. The summed E-state index contributed by atoms with van der Waals surface area (Å²) >= 11 is 0. The van der Waals surface area contributed by atoms with Gasteiger partial charge in [-0.05, 0) is 33.4 Å². The zero-order valence-electron chi connectivity index (χ0n) is 10.1. The van der Waals surface area contributed by atoms with Crippen molar-refractivity contribution in [1.82, 2.24) is 9.80 Å². The molecule has 0 aromatic heterocycles. The van der Waals surface area contributed by atoms with Crippen LogP contribution in [0.5, 0.6) is 0 Å². The largest absolute Gasteiger partial charge is 0.343 e. The maximum atomic E-state index is 11.6. The van der Waals surface area contributed by atoms with E-state index in [2.05, 4.69) is 11.9 Å². The third-order valence-corrected chi connectivity index (χ3v) is 3.17. The van der Waals surface area contributed by atoms with Crippen molar-refractivity contribution >= 4 is 5.91 Å². The van der Waals surface area contributed by atoms with Crippen LogP contribution in [0.2, 0.25) is 0 Å². The van der Waals surface area contributed by atoms with Gasteiger partial charge in [-0.15, -0.1) is 0 Å². The van der Waals surface area contributed by atoms with E-state index in [9.17, 15) is 4.79 Å². The van der Waals surface area contributed by atoms with Crippen LogP contribution in [0.3, 0.4) is 0 Å². The minimum Gasteiger partial charge on any atom is -0.343 e. The van der Waals surface area contributed by atoms with Gasteiger partial charge in [0.25, 0.3) is 0 Å². The standard InChI is InChI=1S/C11H23N3O/c1-9(12)11(15)14(3)8-10-6-4-5-7-13(10)2/h9-10H,4-8,12H2,1-3H3/t9-,10?/m0/s1. The van der Waals surface area contributed by atoms with E-state index in [1.807, 2.05) is 7.05 Å². The molecule has 88 valence electrons. The van der Waals surface area contributed by atoms with Gasteiger partial charge in [-0.1, -0.05) is 6.42 Å². The van der Waals surface area contributed by atoms with Crippen LogP contribution in [-0.2, 0) is 4.79 Å². The number of likely N-dealkylation sites (N-methyl/N-ethyl adjacent to an activating group) is 2. The molecule has 1 amide bonds. The Balaban J connectivity index is 2.42. The summed E-state index contributed by atoms with van der Waals surface area (Å²) in [6.45, 7) is 3.69. The highest BCUT2D eigenvalue weighted by Crippen LogP contribution is 2.15. The van der Waals surface area contributed by atoms with Crippen LogP contribution in [0.15, 0.2) is 0 Å². The summed E-state index contributed by atoms with van der Waals surface area (Å²) in [6.07, 6.45) is 3.74. The Morgan fingerprint density at radius 1 is 1.60 bits per heavy atom. The zero-order valence-corrected chi connectivity index (χ0v) is 10.1. The molecule has 0 aromatic carbocycles. The lowest BCUT2D eigenvalue weighted by Crippen LogP contribution is -2.48. The van der Waals surface area contributed by atoms with E-state index < -0.39 is 0 Å². The highest BCUT2D eigenvalue weighted by atomic mass is 16.2. The van der Waals surface area contributed by atoms with Gasteiger partial charge in [0.1, 0.15) is 0 Å². The van der Waals surface area contributed by atoms with E-state index >= 15 is 0 Å². The number of nitrogens with two attached hydrogens (primary N) is 1. The first-order valence-corrected chi connectivity index (χ1v) is 5.73. The van der Waals surface area contributed by atoms with Crippen LogP contribution in [0.25, 0.3) is 0 Å². The average Bonchev–Trinajstić information content (AvgIpc) is 2.20. The minimum atomic E-state index is -0.385. The highest BCUT2D eigenvalue weighted by Gasteiger charge is 2.23. The quantitative estimate of drug-likeness (QED) is 0.732. The molecule has 1 rings (SSSR count). The first-order chi connectivity index (χ1) is 7.02. The van der Waals surface area contributed by atoms with Crippen molar-refractivity contribution in [2.24, 2.45) is 5.73 Å². The van der Waals surface area contributed by atoms with Gasteiger partial charge in [0, 0.05) is 19.6 Å². The molecule has 0 saturated carbocycles. The van der Waals surface area contributed by atoms with Crippen molar-refractivity contribution < 1.29 is 4.79 Å². The lowest BCUT2D eigenvalue weighted by Gasteiger charge is -2.35. The number of hydrogen-bond acceptors (Lipinski definition) is 3. The molecular weight excluding hydrogens is 190 g/mol. The fraction of sp³-hybridized carbons (Fsp3) is 0.909. The summed E-state index contributed by atoms with van der Waals surface area (Å²) in [4.78, 5) is 15.7. The second kappa shape index (κ2) is 5.47. The number of carbonyl (C=O) groups excluding carboxylic acids is 1. The number of piperidine rings is 1. The smallest absolute Gasteiger partial charge is 0.238 e. The summed E-state index contributed by atoms with van der Waals surface area (Å²) in [5.41, 5.74) is 5.57. The van der Waals surface area contributed by atoms with Crippen LogP contribution in [0.1, 0.15) is 26.2 Å². The SMILES string of the molecule is C[C@H](N)C(=O)N(C)CC1CCCCN1C. The number of likely N-dealkylation sites (tertiary alicyclic amines) is 1. The molecule has 4 heteroatoms. The fourth-order valence-corrected chi connectivity index (χ4v) is 2.13. The molecule has 0 spiro atoms. The topological polar surface area (TPSA) is 49.6 Å².